The number of benzene rings is 2. The number of hydrogen-bond acceptors (Lipinski definition) is 4. The van der Waals surface area contributed by atoms with Crippen molar-refractivity contribution in [2.45, 2.75) is 12.3 Å². The molecule has 1 atom stereocenters. The molecule has 1 aliphatic rings. The van der Waals surface area contributed by atoms with Crippen molar-refractivity contribution >= 4 is 34.0 Å². The van der Waals surface area contributed by atoms with Gasteiger partial charge >= 0.3 is 6.18 Å². The highest BCUT2D eigenvalue weighted by Gasteiger charge is 2.31. The summed E-state index contributed by atoms with van der Waals surface area (Å²) in [5.41, 5.74) is -0.0541. The molecule has 0 saturated carbocycles. The van der Waals surface area contributed by atoms with Gasteiger partial charge in [0.2, 0.25) is 0 Å². The molecule has 1 heterocycles. The number of nitrogens with zero attached hydrogens (tertiary/aromatic N) is 2. The molecule has 160 valence electrons. The molecule has 1 N–H and O–H groups in total. The Kier molecular flexibility index (Phi) is 8.63. The molecule has 2 aromatic rings. The average Bonchev–Trinajstić information content (AvgIpc) is 2.68. The Bertz CT molecular complexity index is 769. The lowest BCUT2D eigenvalue weighted by atomic mass is 10.1. The number of alkyl halides is 3. The summed E-state index contributed by atoms with van der Waals surface area (Å²) in [5, 5.41) is 10.2. The number of rotatable bonds is 6. The molecule has 0 spiro atoms. The van der Waals surface area contributed by atoms with Gasteiger partial charge in [0.05, 0.1) is 5.56 Å². The number of β-amino-alcohol motifs (C(OH)–C–C–N with tert-alkyl or cyclic N) is 1. The van der Waals surface area contributed by atoms with Crippen LogP contribution in [0.2, 0.25) is 0 Å². The minimum Gasteiger partial charge on any atom is -0.491 e. The lowest BCUT2D eigenvalue weighted by Gasteiger charge is -2.37. The van der Waals surface area contributed by atoms with Crippen molar-refractivity contribution in [1.29, 1.82) is 0 Å². The molecule has 1 unspecified atom stereocenters. The van der Waals surface area contributed by atoms with Crippen molar-refractivity contribution in [1.82, 2.24) is 4.90 Å². The molecule has 1 aliphatic heterocycles. The second-order valence-corrected chi connectivity index (χ2v) is 7.67. The summed E-state index contributed by atoms with van der Waals surface area (Å²) in [6.07, 6.45) is -4.97. The van der Waals surface area contributed by atoms with Gasteiger partial charge in [-0.3, -0.25) is 4.90 Å². The quantitative estimate of drug-likeness (QED) is 0.642. The lowest BCUT2D eigenvalue weighted by molar-refractivity contribution is -0.137. The van der Waals surface area contributed by atoms with E-state index in [2.05, 4.69) is 20.8 Å². The molecule has 0 aromatic heterocycles. The maximum Gasteiger partial charge on any atom is 0.416 e. The summed E-state index contributed by atoms with van der Waals surface area (Å²) >= 11 is 3.36. The molecule has 9 heteroatoms. The molecular weight excluding hydrogens is 473 g/mol. The van der Waals surface area contributed by atoms with Crippen molar-refractivity contribution in [3.8, 4) is 5.75 Å². The van der Waals surface area contributed by atoms with E-state index in [0.29, 0.717) is 44.2 Å². The molecule has 4 nitrogen and oxygen atoms in total. The van der Waals surface area contributed by atoms with Crippen LogP contribution in [0.15, 0.2) is 53.0 Å². The Balaban J connectivity index is 0.00000300. The number of anilines is 1. The first-order valence-electron chi connectivity index (χ1n) is 9.02. The zero-order chi connectivity index (χ0) is 20.1. The van der Waals surface area contributed by atoms with Crippen molar-refractivity contribution < 1.29 is 23.0 Å². The fourth-order valence-corrected chi connectivity index (χ4v) is 3.41. The number of hydrogen-bond donors (Lipinski definition) is 1. The summed E-state index contributed by atoms with van der Waals surface area (Å²) in [4.78, 5) is 4.04. The standard InChI is InChI=1S/C20H22BrF3N2O2.ClH/c21-16-4-6-19(7-5-16)28-14-18(27)13-25-8-10-26(11-9-25)17-3-1-2-15(12-17)20(22,23)24;/h1-7,12,18,27H,8-11,13-14H2;1H. The Morgan fingerprint density at radius 1 is 1.03 bits per heavy atom. The Morgan fingerprint density at radius 3 is 2.31 bits per heavy atom. The maximum absolute atomic E-state index is 12.9. The first-order chi connectivity index (χ1) is 13.3. The van der Waals surface area contributed by atoms with Crippen LogP contribution in [0, 0.1) is 0 Å². The molecule has 1 fully saturated rings. The van der Waals surface area contributed by atoms with Gasteiger partial charge in [-0.2, -0.15) is 13.2 Å². The van der Waals surface area contributed by atoms with Crippen LogP contribution in [0.3, 0.4) is 0 Å². The van der Waals surface area contributed by atoms with Gasteiger partial charge in [0, 0.05) is 42.9 Å². The van der Waals surface area contributed by atoms with E-state index in [9.17, 15) is 18.3 Å². The molecular formula is C20H23BrClF3N2O2. The van der Waals surface area contributed by atoms with E-state index in [0.717, 1.165) is 10.5 Å². The van der Waals surface area contributed by atoms with E-state index in [-0.39, 0.29) is 19.0 Å². The predicted molar refractivity (Wildman–Crippen MR) is 113 cm³/mol. The van der Waals surface area contributed by atoms with Gasteiger partial charge in [0.25, 0.3) is 0 Å². The monoisotopic (exact) mass is 494 g/mol. The van der Waals surface area contributed by atoms with Crippen LogP contribution in [0.1, 0.15) is 5.56 Å². The third-order valence-electron chi connectivity index (χ3n) is 4.64. The molecule has 29 heavy (non-hydrogen) atoms. The summed E-state index contributed by atoms with van der Waals surface area (Å²) in [6, 6.07) is 12.8. The first-order valence-corrected chi connectivity index (χ1v) is 9.81. The van der Waals surface area contributed by atoms with Gasteiger partial charge in [0.15, 0.2) is 0 Å². The highest BCUT2D eigenvalue weighted by molar-refractivity contribution is 9.10. The summed E-state index contributed by atoms with van der Waals surface area (Å²) in [7, 11) is 0. The van der Waals surface area contributed by atoms with Crippen LogP contribution in [-0.2, 0) is 6.18 Å². The van der Waals surface area contributed by atoms with Crippen LogP contribution in [0.4, 0.5) is 18.9 Å². The average molecular weight is 496 g/mol. The predicted octanol–water partition coefficient (Wildman–Crippen LogP) is 4.45. The number of aliphatic hydroxyl groups excluding tert-OH is 1. The Hall–Kier alpha value is -1.48. The molecule has 2 aromatic carbocycles. The highest BCUT2D eigenvalue weighted by Crippen LogP contribution is 2.31. The van der Waals surface area contributed by atoms with Gasteiger partial charge < -0.3 is 14.7 Å². The third kappa shape index (κ3) is 7.06. The van der Waals surface area contributed by atoms with Crippen molar-refractivity contribution in [3.05, 3.63) is 58.6 Å². The van der Waals surface area contributed by atoms with Crippen LogP contribution in [-0.4, -0.2) is 55.4 Å². The SMILES string of the molecule is Cl.OC(COc1ccc(Br)cc1)CN1CCN(c2cccc(C(F)(F)F)c2)CC1. The van der Waals surface area contributed by atoms with E-state index in [1.54, 1.807) is 6.07 Å². The summed E-state index contributed by atoms with van der Waals surface area (Å²) in [6.45, 7) is 3.23. The number of ether oxygens (including phenoxy) is 1. The highest BCUT2D eigenvalue weighted by atomic mass is 79.9. The van der Waals surface area contributed by atoms with Crippen molar-refractivity contribution in [3.63, 3.8) is 0 Å². The van der Waals surface area contributed by atoms with Gasteiger partial charge in [-0.1, -0.05) is 22.0 Å². The lowest BCUT2D eigenvalue weighted by Crippen LogP contribution is -2.49. The first kappa shape index (κ1) is 23.8. The van der Waals surface area contributed by atoms with E-state index in [4.69, 9.17) is 4.74 Å². The number of aliphatic hydroxyl groups is 1. The van der Waals surface area contributed by atoms with Gasteiger partial charge in [0.1, 0.15) is 18.5 Å². The second-order valence-electron chi connectivity index (χ2n) is 6.75. The van der Waals surface area contributed by atoms with E-state index >= 15 is 0 Å². The summed E-state index contributed by atoms with van der Waals surface area (Å²) in [5.74, 6) is 0.691. The molecule has 3 rings (SSSR count). The molecule has 0 aliphatic carbocycles. The second kappa shape index (κ2) is 10.5. The Morgan fingerprint density at radius 2 is 1.69 bits per heavy atom. The van der Waals surface area contributed by atoms with Gasteiger partial charge in [-0.25, -0.2) is 0 Å². The fraction of sp³-hybridized carbons (Fsp3) is 0.400. The molecule has 0 amide bonds. The number of halogens is 5. The molecule has 1 saturated heterocycles. The topological polar surface area (TPSA) is 35.9 Å². The maximum atomic E-state index is 12.9. The fourth-order valence-electron chi connectivity index (χ4n) is 3.14. The third-order valence-corrected chi connectivity index (χ3v) is 5.16. The summed E-state index contributed by atoms with van der Waals surface area (Å²) < 4.78 is 45.2. The van der Waals surface area contributed by atoms with Crippen molar-refractivity contribution in [2.24, 2.45) is 0 Å². The van der Waals surface area contributed by atoms with Crippen LogP contribution in [0.5, 0.6) is 5.75 Å². The van der Waals surface area contributed by atoms with E-state index in [1.165, 1.54) is 12.1 Å². The molecule has 0 bridgehead atoms. The van der Waals surface area contributed by atoms with E-state index in [1.807, 2.05) is 29.2 Å². The normalized spacial score (nSPS) is 16.2. The van der Waals surface area contributed by atoms with Crippen LogP contribution >= 0.6 is 28.3 Å². The van der Waals surface area contributed by atoms with Crippen molar-refractivity contribution in [2.75, 3.05) is 44.2 Å². The molecule has 0 radical (unpaired) electrons. The minimum atomic E-state index is -4.34. The van der Waals surface area contributed by atoms with Crippen LogP contribution in [0.25, 0.3) is 0 Å². The van der Waals surface area contributed by atoms with Gasteiger partial charge in [-0.15, -0.1) is 12.4 Å². The number of piperazine rings is 1. The minimum absolute atomic E-state index is 0. The van der Waals surface area contributed by atoms with Crippen LogP contribution < -0.4 is 9.64 Å². The van der Waals surface area contributed by atoms with Gasteiger partial charge in [-0.05, 0) is 42.5 Å². The smallest absolute Gasteiger partial charge is 0.416 e. The zero-order valence-electron chi connectivity index (χ0n) is 15.6. The largest absolute Gasteiger partial charge is 0.491 e. The zero-order valence-corrected chi connectivity index (χ0v) is 18.0. The Labute approximate surface area is 182 Å². The van der Waals surface area contributed by atoms with E-state index < -0.39 is 17.8 Å².